The molecule has 0 fully saturated rings. The number of aliphatic hydroxyl groups is 1. The molecule has 1 aromatic rings. The minimum absolute atomic E-state index is 0.259. The van der Waals surface area contributed by atoms with Gasteiger partial charge in [-0.3, -0.25) is 0 Å². The first-order valence-electron chi connectivity index (χ1n) is 4.65. The summed E-state index contributed by atoms with van der Waals surface area (Å²) in [6.45, 7) is 3.95. The zero-order valence-corrected chi connectivity index (χ0v) is 8.20. The van der Waals surface area contributed by atoms with Crippen LogP contribution < -0.4 is 5.73 Å². The standard InChI is InChI=1S/C11H17NO/c1-3-10(13)11(12)9-6-4-5-8(2)7-9/h4-7,10-11,13H,3,12H2,1-2H3/t10-,11+/m1/s1. The van der Waals surface area contributed by atoms with Crippen LogP contribution in [0.3, 0.4) is 0 Å². The highest BCUT2D eigenvalue weighted by molar-refractivity contribution is 5.25. The Kier molecular flexibility index (Phi) is 3.46. The van der Waals surface area contributed by atoms with E-state index in [1.165, 1.54) is 5.56 Å². The van der Waals surface area contributed by atoms with Gasteiger partial charge in [-0.15, -0.1) is 0 Å². The van der Waals surface area contributed by atoms with E-state index in [0.29, 0.717) is 6.42 Å². The number of benzene rings is 1. The van der Waals surface area contributed by atoms with Gasteiger partial charge in [0.15, 0.2) is 0 Å². The van der Waals surface area contributed by atoms with Crippen molar-refractivity contribution >= 4 is 0 Å². The third-order valence-electron chi connectivity index (χ3n) is 2.26. The van der Waals surface area contributed by atoms with Crippen molar-refractivity contribution in [2.45, 2.75) is 32.4 Å². The van der Waals surface area contributed by atoms with Crippen molar-refractivity contribution in [3.05, 3.63) is 35.4 Å². The molecule has 0 aliphatic rings. The molecular weight excluding hydrogens is 162 g/mol. The SMILES string of the molecule is CC[C@@H](O)[C@@H](N)c1cccc(C)c1. The second-order valence-corrected chi connectivity index (χ2v) is 3.42. The van der Waals surface area contributed by atoms with Gasteiger partial charge < -0.3 is 10.8 Å². The molecule has 0 spiro atoms. The van der Waals surface area contributed by atoms with Gasteiger partial charge >= 0.3 is 0 Å². The lowest BCUT2D eigenvalue weighted by atomic mass is 9.99. The largest absolute Gasteiger partial charge is 0.391 e. The first-order valence-corrected chi connectivity index (χ1v) is 4.65. The molecule has 2 heteroatoms. The van der Waals surface area contributed by atoms with Crippen LogP contribution >= 0.6 is 0 Å². The Balaban J connectivity index is 2.82. The Bertz CT molecular complexity index is 273. The quantitative estimate of drug-likeness (QED) is 0.742. The Labute approximate surface area is 79.4 Å². The molecule has 0 bridgehead atoms. The van der Waals surface area contributed by atoms with Crippen molar-refractivity contribution in [1.82, 2.24) is 0 Å². The maximum absolute atomic E-state index is 9.55. The zero-order chi connectivity index (χ0) is 9.84. The molecule has 2 atom stereocenters. The minimum atomic E-state index is -0.443. The second kappa shape index (κ2) is 4.40. The van der Waals surface area contributed by atoms with Crippen LogP contribution in [0.1, 0.15) is 30.5 Å². The Morgan fingerprint density at radius 3 is 2.69 bits per heavy atom. The summed E-state index contributed by atoms with van der Waals surface area (Å²) in [5.41, 5.74) is 8.05. The van der Waals surface area contributed by atoms with E-state index in [4.69, 9.17) is 5.73 Å². The number of hydrogen-bond donors (Lipinski definition) is 2. The van der Waals surface area contributed by atoms with E-state index >= 15 is 0 Å². The average Bonchev–Trinajstić information content (AvgIpc) is 2.15. The summed E-state index contributed by atoms with van der Waals surface area (Å²) in [4.78, 5) is 0. The molecule has 0 saturated carbocycles. The Morgan fingerprint density at radius 2 is 2.15 bits per heavy atom. The summed E-state index contributed by atoms with van der Waals surface area (Å²) in [6, 6.07) is 7.70. The van der Waals surface area contributed by atoms with Crippen molar-refractivity contribution in [3.8, 4) is 0 Å². The highest BCUT2D eigenvalue weighted by Gasteiger charge is 2.14. The lowest BCUT2D eigenvalue weighted by molar-refractivity contribution is 0.140. The first kappa shape index (κ1) is 10.2. The van der Waals surface area contributed by atoms with Crippen LogP contribution in [0.25, 0.3) is 0 Å². The van der Waals surface area contributed by atoms with Gasteiger partial charge in [0.1, 0.15) is 0 Å². The molecule has 0 aliphatic heterocycles. The smallest absolute Gasteiger partial charge is 0.0730 e. The van der Waals surface area contributed by atoms with E-state index in [2.05, 4.69) is 0 Å². The minimum Gasteiger partial charge on any atom is -0.391 e. The van der Waals surface area contributed by atoms with E-state index < -0.39 is 6.10 Å². The lowest BCUT2D eigenvalue weighted by Gasteiger charge is -2.17. The summed E-state index contributed by atoms with van der Waals surface area (Å²) in [7, 11) is 0. The fourth-order valence-electron chi connectivity index (χ4n) is 1.35. The van der Waals surface area contributed by atoms with Crippen molar-refractivity contribution in [2.75, 3.05) is 0 Å². The van der Waals surface area contributed by atoms with Gasteiger partial charge in [0.2, 0.25) is 0 Å². The number of hydrogen-bond acceptors (Lipinski definition) is 2. The van der Waals surface area contributed by atoms with E-state index in [1.54, 1.807) is 0 Å². The van der Waals surface area contributed by atoms with Gasteiger partial charge in [0, 0.05) is 0 Å². The highest BCUT2D eigenvalue weighted by Crippen LogP contribution is 2.17. The molecule has 3 N–H and O–H groups in total. The molecule has 13 heavy (non-hydrogen) atoms. The molecule has 0 aliphatic carbocycles. The average molecular weight is 179 g/mol. The predicted molar refractivity (Wildman–Crippen MR) is 54.4 cm³/mol. The van der Waals surface area contributed by atoms with Crippen molar-refractivity contribution < 1.29 is 5.11 Å². The van der Waals surface area contributed by atoms with E-state index in [0.717, 1.165) is 5.56 Å². The zero-order valence-electron chi connectivity index (χ0n) is 8.20. The summed E-state index contributed by atoms with van der Waals surface area (Å²) >= 11 is 0. The number of nitrogens with two attached hydrogens (primary N) is 1. The molecule has 0 amide bonds. The van der Waals surface area contributed by atoms with Crippen molar-refractivity contribution in [1.29, 1.82) is 0 Å². The van der Waals surface area contributed by atoms with Gasteiger partial charge in [-0.05, 0) is 18.9 Å². The fraction of sp³-hybridized carbons (Fsp3) is 0.455. The number of rotatable bonds is 3. The topological polar surface area (TPSA) is 46.2 Å². The molecular formula is C11H17NO. The first-order chi connectivity index (χ1) is 6.15. The summed E-state index contributed by atoms with van der Waals surface area (Å²) < 4.78 is 0. The maximum Gasteiger partial charge on any atom is 0.0730 e. The maximum atomic E-state index is 9.55. The molecule has 1 rings (SSSR count). The van der Waals surface area contributed by atoms with Crippen molar-refractivity contribution in [3.63, 3.8) is 0 Å². The van der Waals surface area contributed by atoms with Crippen molar-refractivity contribution in [2.24, 2.45) is 5.73 Å². The third-order valence-corrected chi connectivity index (χ3v) is 2.26. The van der Waals surface area contributed by atoms with Crippen LogP contribution in [0.15, 0.2) is 24.3 Å². The predicted octanol–water partition coefficient (Wildman–Crippen LogP) is 1.77. The molecule has 1 aromatic carbocycles. The molecule has 0 radical (unpaired) electrons. The Hall–Kier alpha value is -0.860. The van der Waals surface area contributed by atoms with Crippen LogP contribution in [0.2, 0.25) is 0 Å². The van der Waals surface area contributed by atoms with Gasteiger partial charge in [0.25, 0.3) is 0 Å². The molecule has 0 unspecified atom stereocenters. The van der Waals surface area contributed by atoms with E-state index in [1.807, 2.05) is 38.1 Å². The lowest BCUT2D eigenvalue weighted by Crippen LogP contribution is -2.25. The Morgan fingerprint density at radius 1 is 1.46 bits per heavy atom. The second-order valence-electron chi connectivity index (χ2n) is 3.42. The van der Waals surface area contributed by atoms with Gasteiger partial charge in [-0.2, -0.15) is 0 Å². The van der Waals surface area contributed by atoms with Gasteiger partial charge in [-0.1, -0.05) is 36.8 Å². The molecule has 0 aromatic heterocycles. The molecule has 0 saturated heterocycles. The molecule has 72 valence electrons. The van der Waals surface area contributed by atoms with Crippen LogP contribution in [0, 0.1) is 6.92 Å². The summed E-state index contributed by atoms with van der Waals surface area (Å²) in [5.74, 6) is 0. The van der Waals surface area contributed by atoms with Gasteiger partial charge in [-0.25, -0.2) is 0 Å². The summed E-state index contributed by atoms with van der Waals surface area (Å²) in [6.07, 6.45) is 0.247. The molecule has 0 heterocycles. The van der Waals surface area contributed by atoms with E-state index in [-0.39, 0.29) is 6.04 Å². The van der Waals surface area contributed by atoms with Crippen LogP contribution in [-0.2, 0) is 0 Å². The van der Waals surface area contributed by atoms with Crippen LogP contribution in [-0.4, -0.2) is 11.2 Å². The van der Waals surface area contributed by atoms with Crippen LogP contribution in [0.4, 0.5) is 0 Å². The normalized spacial score (nSPS) is 15.4. The number of aryl methyl sites for hydroxylation is 1. The highest BCUT2D eigenvalue weighted by atomic mass is 16.3. The molecule has 2 nitrogen and oxygen atoms in total. The van der Waals surface area contributed by atoms with E-state index in [9.17, 15) is 5.11 Å². The summed E-state index contributed by atoms with van der Waals surface area (Å²) in [5, 5.41) is 9.55. The number of aliphatic hydroxyl groups excluding tert-OH is 1. The van der Waals surface area contributed by atoms with Gasteiger partial charge in [0.05, 0.1) is 12.1 Å². The monoisotopic (exact) mass is 179 g/mol. The third kappa shape index (κ3) is 2.54. The fourth-order valence-corrected chi connectivity index (χ4v) is 1.35. The van der Waals surface area contributed by atoms with Crippen LogP contribution in [0.5, 0.6) is 0 Å².